The number of halogens is 2. The fraction of sp³-hybridized carbons (Fsp3) is 0. The summed E-state index contributed by atoms with van der Waals surface area (Å²) >= 11 is 3.11. The van der Waals surface area contributed by atoms with E-state index in [2.05, 4.69) is 26.2 Å². The molecule has 1 aromatic heterocycles. The molecule has 7 heteroatoms. The van der Waals surface area contributed by atoms with E-state index >= 15 is 0 Å². The van der Waals surface area contributed by atoms with Gasteiger partial charge in [-0.25, -0.2) is 14.2 Å². The summed E-state index contributed by atoms with van der Waals surface area (Å²) in [6, 6.07) is 6.66. The number of aromatic carboxylic acids is 1. The van der Waals surface area contributed by atoms with Gasteiger partial charge in [0.05, 0.1) is 5.69 Å². The van der Waals surface area contributed by atoms with Crippen LogP contribution in [0.25, 0.3) is 0 Å². The van der Waals surface area contributed by atoms with E-state index in [-0.39, 0.29) is 16.9 Å². The lowest BCUT2D eigenvalue weighted by molar-refractivity contribution is 0.0690. The Morgan fingerprint density at radius 3 is 2.65 bits per heavy atom. The second kappa shape index (κ2) is 5.79. The fourth-order valence-electron chi connectivity index (χ4n) is 1.47. The van der Waals surface area contributed by atoms with E-state index in [1.54, 1.807) is 6.07 Å². The number of anilines is 1. The largest absolute Gasteiger partial charge is 0.477 e. The van der Waals surface area contributed by atoms with Gasteiger partial charge >= 0.3 is 5.97 Å². The van der Waals surface area contributed by atoms with Gasteiger partial charge in [0, 0.05) is 16.2 Å². The molecule has 0 saturated heterocycles. The molecule has 0 aliphatic heterocycles. The van der Waals surface area contributed by atoms with Gasteiger partial charge in [-0.2, -0.15) is 0 Å². The Hall–Kier alpha value is -2.28. The number of nitrogens with zero attached hydrogens (tertiary/aromatic N) is 1. The van der Waals surface area contributed by atoms with Crippen LogP contribution in [0.15, 0.2) is 41.0 Å². The highest BCUT2D eigenvalue weighted by Crippen LogP contribution is 2.20. The van der Waals surface area contributed by atoms with Crippen molar-refractivity contribution in [1.82, 2.24) is 4.98 Å². The van der Waals surface area contributed by atoms with E-state index in [0.717, 1.165) is 6.07 Å². The maximum atomic E-state index is 13.6. The average Bonchev–Trinajstić information content (AvgIpc) is 2.42. The first-order valence-electron chi connectivity index (χ1n) is 5.43. The third kappa shape index (κ3) is 3.18. The number of benzene rings is 1. The maximum Gasteiger partial charge on any atom is 0.354 e. The molecule has 2 aromatic rings. The highest BCUT2D eigenvalue weighted by atomic mass is 79.9. The quantitative estimate of drug-likeness (QED) is 0.901. The molecule has 0 bridgehead atoms. The van der Waals surface area contributed by atoms with E-state index in [9.17, 15) is 14.0 Å². The summed E-state index contributed by atoms with van der Waals surface area (Å²) in [7, 11) is 0. The Labute approximate surface area is 121 Å². The van der Waals surface area contributed by atoms with E-state index in [1.165, 1.54) is 24.4 Å². The van der Waals surface area contributed by atoms with Crippen LogP contribution in [-0.2, 0) is 0 Å². The van der Waals surface area contributed by atoms with Gasteiger partial charge in [0.25, 0.3) is 5.91 Å². The minimum atomic E-state index is -1.24. The van der Waals surface area contributed by atoms with Gasteiger partial charge in [0.1, 0.15) is 11.5 Å². The summed E-state index contributed by atoms with van der Waals surface area (Å²) in [6.45, 7) is 0. The summed E-state index contributed by atoms with van der Waals surface area (Å²) in [5, 5.41) is 11.2. The van der Waals surface area contributed by atoms with Gasteiger partial charge < -0.3 is 10.4 Å². The Morgan fingerprint density at radius 1 is 1.25 bits per heavy atom. The number of carboxylic acid groups (broad SMARTS) is 1. The SMILES string of the molecule is O=C(Nc1ccc(Br)cc1F)c1ccnc(C(=O)O)c1. The van der Waals surface area contributed by atoms with E-state index in [4.69, 9.17) is 5.11 Å². The number of aromatic nitrogens is 1. The number of pyridine rings is 1. The molecule has 0 aliphatic rings. The van der Waals surface area contributed by atoms with Crippen LogP contribution in [0.3, 0.4) is 0 Å². The topological polar surface area (TPSA) is 79.3 Å². The van der Waals surface area contributed by atoms with Crippen LogP contribution >= 0.6 is 15.9 Å². The van der Waals surface area contributed by atoms with Gasteiger partial charge in [0.15, 0.2) is 0 Å². The lowest BCUT2D eigenvalue weighted by Crippen LogP contribution is -2.14. The maximum absolute atomic E-state index is 13.6. The zero-order valence-corrected chi connectivity index (χ0v) is 11.5. The zero-order chi connectivity index (χ0) is 14.7. The van der Waals surface area contributed by atoms with Crippen molar-refractivity contribution >= 4 is 33.5 Å². The third-order valence-electron chi connectivity index (χ3n) is 2.42. The van der Waals surface area contributed by atoms with Crippen molar-refractivity contribution in [2.75, 3.05) is 5.32 Å². The Bertz CT molecular complexity index is 691. The standard InChI is InChI=1S/C13H8BrFN2O3/c14-8-1-2-10(9(15)6-8)17-12(18)7-3-4-16-11(5-7)13(19)20/h1-6H,(H,17,18)(H,19,20). The molecule has 0 fully saturated rings. The summed E-state index contributed by atoms with van der Waals surface area (Å²) < 4.78 is 14.1. The van der Waals surface area contributed by atoms with Gasteiger partial charge in [0.2, 0.25) is 0 Å². The molecule has 0 radical (unpaired) electrons. The summed E-state index contributed by atoms with van der Waals surface area (Å²) in [5.41, 5.74) is -0.166. The number of carbonyl (C=O) groups excluding carboxylic acids is 1. The van der Waals surface area contributed by atoms with E-state index in [1.807, 2.05) is 0 Å². The average molecular weight is 339 g/mol. The molecular weight excluding hydrogens is 331 g/mol. The number of hydrogen-bond donors (Lipinski definition) is 2. The molecule has 5 nitrogen and oxygen atoms in total. The lowest BCUT2D eigenvalue weighted by atomic mass is 10.2. The molecule has 0 unspecified atom stereocenters. The van der Waals surface area contributed by atoms with Crippen molar-refractivity contribution in [3.63, 3.8) is 0 Å². The second-order valence-corrected chi connectivity index (χ2v) is 4.73. The van der Waals surface area contributed by atoms with Crippen LogP contribution < -0.4 is 5.32 Å². The minimum absolute atomic E-state index is 0.00638. The Morgan fingerprint density at radius 2 is 2.00 bits per heavy atom. The normalized spacial score (nSPS) is 10.1. The third-order valence-corrected chi connectivity index (χ3v) is 2.91. The van der Waals surface area contributed by atoms with E-state index in [0.29, 0.717) is 4.47 Å². The van der Waals surface area contributed by atoms with Crippen molar-refractivity contribution in [2.45, 2.75) is 0 Å². The minimum Gasteiger partial charge on any atom is -0.477 e. The van der Waals surface area contributed by atoms with Crippen LogP contribution in [0.4, 0.5) is 10.1 Å². The molecule has 0 saturated carbocycles. The van der Waals surface area contributed by atoms with E-state index < -0.39 is 17.7 Å². The van der Waals surface area contributed by atoms with Crippen LogP contribution in [0, 0.1) is 5.82 Å². The monoisotopic (exact) mass is 338 g/mol. The van der Waals surface area contributed by atoms with Crippen LogP contribution in [0.2, 0.25) is 0 Å². The molecule has 0 aliphatic carbocycles. The predicted molar refractivity (Wildman–Crippen MR) is 73.2 cm³/mol. The van der Waals surface area contributed by atoms with Gasteiger partial charge in [-0.15, -0.1) is 0 Å². The van der Waals surface area contributed by atoms with Crippen LogP contribution in [0.5, 0.6) is 0 Å². The Balaban J connectivity index is 2.24. The molecule has 1 aromatic carbocycles. The number of rotatable bonds is 3. The van der Waals surface area contributed by atoms with Crippen molar-refractivity contribution in [3.05, 3.63) is 58.1 Å². The number of carboxylic acids is 1. The molecule has 102 valence electrons. The summed E-state index contributed by atoms with van der Waals surface area (Å²) in [5.74, 6) is -2.45. The number of nitrogens with one attached hydrogen (secondary N) is 1. The number of amides is 1. The van der Waals surface area contributed by atoms with Crippen molar-refractivity contribution in [2.24, 2.45) is 0 Å². The van der Waals surface area contributed by atoms with Crippen LogP contribution in [0.1, 0.15) is 20.8 Å². The van der Waals surface area contributed by atoms with Gasteiger partial charge in [-0.05, 0) is 30.3 Å². The van der Waals surface area contributed by atoms with Crippen LogP contribution in [-0.4, -0.2) is 22.0 Å². The molecule has 1 amide bonds. The summed E-state index contributed by atoms with van der Waals surface area (Å²) in [4.78, 5) is 26.3. The smallest absolute Gasteiger partial charge is 0.354 e. The molecule has 2 N–H and O–H groups in total. The predicted octanol–water partition coefficient (Wildman–Crippen LogP) is 2.93. The van der Waals surface area contributed by atoms with Gasteiger partial charge in [-0.3, -0.25) is 4.79 Å². The molecule has 1 heterocycles. The first-order valence-corrected chi connectivity index (χ1v) is 6.22. The molecule has 2 rings (SSSR count). The highest BCUT2D eigenvalue weighted by Gasteiger charge is 2.12. The molecular formula is C13H8BrFN2O3. The highest BCUT2D eigenvalue weighted by molar-refractivity contribution is 9.10. The zero-order valence-electron chi connectivity index (χ0n) is 9.93. The van der Waals surface area contributed by atoms with Gasteiger partial charge in [-0.1, -0.05) is 15.9 Å². The fourth-order valence-corrected chi connectivity index (χ4v) is 1.81. The first kappa shape index (κ1) is 14.1. The molecule has 0 spiro atoms. The van der Waals surface area contributed by atoms with Crippen molar-refractivity contribution in [1.29, 1.82) is 0 Å². The summed E-state index contributed by atoms with van der Waals surface area (Å²) in [6.07, 6.45) is 1.20. The molecule has 20 heavy (non-hydrogen) atoms. The lowest BCUT2D eigenvalue weighted by Gasteiger charge is -2.07. The number of carbonyl (C=O) groups is 2. The van der Waals surface area contributed by atoms with Crippen molar-refractivity contribution in [3.8, 4) is 0 Å². The Kier molecular flexibility index (Phi) is 4.09. The number of hydrogen-bond acceptors (Lipinski definition) is 3. The first-order chi connectivity index (χ1) is 9.47. The molecule has 0 atom stereocenters. The van der Waals surface area contributed by atoms with Crippen molar-refractivity contribution < 1.29 is 19.1 Å². The second-order valence-electron chi connectivity index (χ2n) is 3.81.